The van der Waals surface area contributed by atoms with Crippen LogP contribution in [-0.2, 0) is 9.57 Å². The summed E-state index contributed by atoms with van der Waals surface area (Å²) in [5, 5.41) is 3.63. The first kappa shape index (κ1) is 16.9. The van der Waals surface area contributed by atoms with Crippen molar-refractivity contribution in [3.63, 3.8) is 0 Å². The first-order chi connectivity index (χ1) is 10.8. The maximum Gasteiger partial charge on any atom is 0.434 e. The van der Waals surface area contributed by atoms with Crippen LogP contribution < -0.4 is 5.32 Å². The summed E-state index contributed by atoms with van der Waals surface area (Å²) in [7, 11) is 1.53. The van der Waals surface area contributed by atoms with Crippen molar-refractivity contribution in [2.45, 2.75) is 26.4 Å². The molecule has 2 amide bonds. The van der Waals surface area contributed by atoms with Crippen LogP contribution in [0.1, 0.15) is 37.0 Å². The number of nitrogens with zero attached hydrogens (tertiary/aromatic N) is 3. The van der Waals surface area contributed by atoms with Gasteiger partial charge in [0.25, 0.3) is 5.91 Å². The van der Waals surface area contributed by atoms with Crippen molar-refractivity contribution in [1.29, 1.82) is 0 Å². The van der Waals surface area contributed by atoms with Crippen molar-refractivity contribution in [3.05, 3.63) is 29.9 Å². The van der Waals surface area contributed by atoms with Gasteiger partial charge in [-0.1, -0.05) is 6.08 Å². The summed E-state index contributed by atoms with van der Waals surface area (Å²) in [4.78, 5) is 36.9. The number of rotatable bonds is 2. The second kappa shape index (κ2) is 6.74. The fraction of sp³-hybridized carbons (Fsp3) is 0.467. The van der Waals surface area contributed by atoms with E-state index in [1.165, 1.54) is 19.4 Å². The van der Waals surface area contributed by atoms with Crippen LogP contribution >= 0.6 is 0 Å². The highest BCUT2D eigenvalue weighted by Gasteiger charge is 2.25. The third-order valence-corrected chi connectivity index (χ3v) is 2.92. The predicted octanol–water partition coefficient (Wildman–Crippen LogP) is 1.40. The van der Waals surface area contributed by atoms with Crippen LogP contribution in [0.2, 0.25) is 0 Å². The van der Waals surface area contributed by atoms with Crippen LogP contribution in [0.4, 0.5) is 4.79 Å². The van der Waals surface area contributed by atoms with E-state index in [0.717, 1.165) is 10.6 Å². The van der Waals surface area contributed by atoms with Gasteiger partial charge in [-0.25, -0.2) is 9.78 Å². The monoisotopic (exact) mass is 320 g/mol. The van der Waals surface area contributed by atoms with Gasteiger partial charge < -0.3 is 10.1 Å². The predicted molar refractivity (Wildman–Crippen MR) is 82.3 cm³/mol. The molecule has 1 N–H and O–H groups in total. The van der Waals surface area contributed by atoms with E-state index in [2.05, 4.69) is 15.3 Å². The van der Waals surface area contributed by atoms with Crippen LogP contribution in [0.5, 0.6) is 0 Å². The van der Waals surface area contributed by atoms with E-state index in [0.29, 0.717) is 5.69 Å². The summed E-state index contributed by atoms with van der Waals surface area (Å²) in [6.07, 6.45) is 4.18. The van der Waals surface area contributed by atoms with Gasteiger partial charge in [0.2, 0.25) is 0 Å². The quantitative estimate of drug-likeness (QED) is 0.885. The van der Waals surface area contributed by atoms with Gasteiger partial charge in [-0.05, 0) is 20.8 Å². The molecule has 1 aromatic heterocycles. The first-order valence-electron chi connectivity index (χ1n) is 7.17. The Hall–Kier alpha value is -2.48. The zero-order valence-corrected chi connectivity index (χ0v) is 13.6. The summed E-state index contributed by atoms with van der Waals surface area (Å²) >= 11 is 0. The van der Waals surface area contributed by atoms with E-state index in [1.807, 2.05) is 6.08 Å². The Morgan fingerprint density at radius 1 is 1.30 bits per heavy atom. The number of carbonyl (C=O) groups is 2. The number of carbonyl (C=O) groups excluding carboxylic acids is 2. The molecule has 1 aliphatic rings. The van der Waals surface area contributed by atoms with E-state index in [1.54, 1.807) is 20.8 Å². The summed E-state index contributed by atoms with van der Waals surface area (Å²) in [6, 6.07) is 0. The summed E-state index contributed by atoms with van der Waals surface area (Å²) in [6.45, 7) is 5.80. The molecule has 0 aliphatic carbocycles. The largest absolute Gasteiger partial charge is 0.442 e. The van der Waals surface area contributed by atoms with Gasteiger partial charge >= 0.3 is 6.09 Å². The average molecular weight is 320 g/mol. The lowest BCUT2D eigenvalue weighted by atomic mass is 10.2. The SMILES string of the molecule is CNC(=O)c1cnc(C2=CCN(C(=O)OC(C)(C)C)OC2)cn1. The van der Waals surface area contributed by atoms with Crippen molar-refractivity contribution in [1.82, 2.24) is 20.3 Å². The topological polar surface area (TPSA) is 93.7 Å². The summed E-state index contributed by atoms with van der Waals surface area (Å²) in [5.74, 6) is -0.297. The van der Waals surface area contributed by atoms with Crippen LogP contribution in [0.3, 0.4) is 0 Å². The number of hydrogen-bond acceptors (Lipinski definition) is 6. The molecule has 0 unspecified atom stereocenters. The molecule has 0 saturated carbocycles. The Bertz CT molecular complexity index is 619. The highest BCUT2D eigenvalue weighted by atomic mass is 16.7. The Balaban J connectivity index is 2.01. The average Bonchev–Trinajstić information content (AvgIpc) is 2.53. The van der Waals surface area contributed by atoms with Gasteiger partial charge in [-0.2, -0.15) is 5.06 Å². The molecule has 0 spiro atoms. The Morgan fingerprint density at radius 3 is 2.52 bits per heavy atom. The molecular weight excluding hydrogens is 300 g/mol. The lowest BCUT2D eigenvalue weighted by Crippen LogP contribution is -2.39. The van der Waals surface area contributed by atoms with E-state index < -0.39 is 11.7 Å². The zero-order valence-electron chi connectivity index (χ0n) is 13.6. The Labute approximate surface area is 134 Å². The number of amides is 2. The van der Waals surface area contributed by atoms with E-state index >= 15 is 0 Å². The third-order valence-electron chi connectivity index (χ3n) is 2.92. The standard InChI is InChI=1S/C15H20N4O4/c1-15(2,3)23-14(21)19-6-5-10(9-22-19)11-7-18-12(8-17-11)13(20)16-4/h5,7-8H,6,9H2,1-4H3,(H,16,20). The molecule has 23 heavy (non-hydrogen) atoms. The van der Waals surface area contributed by atoms with Crippen molar-refractivity contribution in [3.8, 4) is 0 Å². The second-order valence-corrected chi connectivity index (χ2v) is 5.91. The maximum atomic E-state index is 11.9. The van der Waals surface area contributed by atoms with Gasteiger partial charge in [0.15, 0.2) is 0 Å². The van der Waals surface area contributed by atoms with Crippen molar-refractivity contribution >= 4 is 17.6 Å². The van der Waals surface area contributed by atoms with Gasteiger partial charge in [0.1, 0.15) is 17.9 Å². The lowest BCUT2D eigenvalue weighted by molar-refractivity contribution is -0.133. The van der Waals surface area contributed by atoms with E-state index in [4.69, 9.17) is 9.57 Å². The van der Waals surface area contributed by atoms with Crippen LogP contribution in [0.25, 0.3) is 5.57 Å². The fourth-order valence-electron chi connectivity index (χ4n) is 1.81. The Morgan fingerprint density at radius 2 is 2.04 bits per heavy atom. The Kier molecular flexibility index (Phi) is 4.95. The van der Waals surface area contributed by atoms with Crippen LogP contribution in [0, 0.1) is 0 Å². The van der Waals surface area contributed by atoms with Crippen molar-refractivity contribution < 1.29 is 19.2 Å². The summed E-state index contributed by atoms with van der Waals surface area (Å²) < 4.78 is 5.23. The third kappa shape index (κ3) is 4.49. The van der Waals surface area contributed by atoms with Crippen molar-refractivity contribution in [2.75, 3.05) is 20.2 Å². The van der Waals surface area contributed by atoms with Crippen LogP contribution in [-0.4, -0.2) is 52.8 Å². The fourth-order valence-corrected chi connectivity index (χ4v) is 1.81. The summed E-state index contributed by atoms with van der Waals surface area (Å²) in [5.41, 5.74) is 1.05. The zero-order chi connectivity index (χ0) is 17.0. The molecule has 8 nitrogen and oxygen atoms in total. The maximum absolute atomic E-state index is 11.9. The molecule has 1 aliphatic heterocycles. The second-order valence-electron chi connectivity index (χ2n) is 5.91. The number of aromatic nitrogens is 2. The molecule has 0 radical (unpaired) electrons. The smallest absolute Gasteiger partial charge is 0.434 e. The molecule has 8 heteroatoms. The molecule has 0 saturated heterocycles. The minimum Gasteiger partial charge on any atom is -0.442 e. The molecule has 0 atom stereocenters. The number of ether oxygens (including phenoxy) is 1. The number of nitrogens with one attached hydrogen (secondary N) is 1. The first-order valence-corrected chi connectivity index (χ1v) is 7.17. The molecule has 0 fully saturated rings. The van der Waals surface area contributed by atoms with Gasteiger partial charge in [0.05, 0.1) is 24.6 Å². The highest BCUT2D eigenvalue weighted by Crippen LogP contribution is 2.18. The normalized spacial score (nSPS) is 15.0. The van der Waals surface area contributed by atoms with E-state index in [9.17, 15) is 9.59 Å². The lowest BCUT2D eigenvalue weighted by Gasteiger charge is -2.28. The molecule has 0 bridgehead atoms. The molecular formula is C15H20N4O4. The molecule has 2 rings (SSSR count). The van der Waals surface area contributed by atoms with Crippen LogP contribution in [0.15, 0.2) is 18.5 Å². The van der Waals surface area contributed by atoms with Gasteiger partial charge in [-0.15, -0.1) is 0 Å². The molecule has 2 heterocycles. The van der Waals surface area contributed by atoms with E-state index in [-0.39, 0.29) is 24.8 Å². The van der Waals surface area contributed by atoms with Gasteiger partial charge in [-0.3, -0.25) is 14.6 Å². The van der Waals surface area contributed by atoms with Gasteiger partial charge in [0, 0.05) is 12.6 Å². The molecule has 1 aromatic rings. The van der Waals surface area contributed by atoms with Crippen molar-refractivity contribution in [2.24, 2.45) is 0 Å². The number of hydrogen-bond donors (Lipinski definition) is 1. The minimum atomic E-state index is -0.578. The minimum absolute atomic E-state index is 0.174. The number of hydroxylamine groups is 2. The molecule has 124 valence electrons. The molecule has 0 aromatic carbocycles. The highest BCUT2D eigenvalue weighted by molar-refractivity contribution is 5.91.